The highest BCUT2D eigenvalue weighted by molar-refractivity contribution is 7.09. The lowest BCUT2D eigenvalue weighted by Gasteiger charge is -2.01. The van der Waals surface area contributed by atoms with Crippen molar-refractivity contribution < 1.29 is 13.9 Å². The van der Waals surface area contributed by atoms with E-state index in [9.17, 15) is 4.79 Å². The molecular formula is C16H14N2O3S. The van der Waals surface area contributed by atoms with E-state index >= 15 is 0 Å². The third kappa shape index (κ3) is 3.17. The smallest absolute Gasteiger partial charge is 0.287 e. The van der Waals surface area contributed by atoms with Gasteiger partial charge in [0.2, 0.25) is 0 Å². The Morgan fingerprint density at radius 3 is 2.82 bits per heavy atom. The van der Waals surface area contributed by atoms with E-state index in [0.29, 0.717) is 12.3 Å². The van der Waals surface area contributed by atoms with Crippen molar-refractivity contribution >= 4 is 17.2 Å². The molecule has 2 heterocycles. The molecule has 5 nitrogen and oxygen atoms in total. The number of hydrogen-bond donors (Lipinski definition) is 1. The molecule has 0 bridgehead atoms. The van der Waals surface area contributed by atoms with Gasteiger partial charge in [-0.15, -0.1) is 11.3 Å². The van der Waals surface area contributed by atoms with Crippen molar-refractivity contribution in [2.24, 2.45) is 0 Å². The lowest BCUT2D eigenvalue weighted by Crippen LogP contribution is -2.22. The minimum absolute atomic E-state index is 0.244. The summed E-state index contributed by atoms with van der Waals surface area (Å²) in [6, 6.07) is 11.0. The fraction of sp³-hybridized carbons (Fsp3) is 0.125. The number of ether oxygens (including phenoxy) is 1. The number of furan rings is 1. The van der Waals surface area contributed by atoms with Gasteiger partial charge in [-0.2, -0.15) is 0 Å². The van der Waals surface area contributed by atoms with E-state index in [1.54, 1.807) is 19.2 Å². The molecule has 6 heteroatoms. The SMILES string of the molecule is COc1ccc(-c2csc(CNC(=O)c3ccco3)n2)cc1. The molecule has 0 aliphatic heterocycles. The van der Waals surface area contributed by atoms with Crippen molar-refractivity contribution in [2.45, 2.75) is 6.54 Å². The Balaban J connectivity index is 1.64. The number of methoxy groups -OCH3 is 1. The highest BCUT2D eigenvalue weighted by atomic mass is 32.1. The molecule has 0 aliphatic carbocycles. The summed E-state index contributed by atoms with van der Waals surface area (Å²) in [6.45, 7) is 0.375. The summed E-state index contributed by atoms with van der Waals surface area (Å²) in [7, 11) is 1.64. The van der Waals surface area contributed by atoms with Crippen LogP contribution < -0.4 is 10.1 Å². The van der Waals surface area contributed by atoms with Gasteiger partial charge in [0.1, 0.15) is 10.8 Å². The van der Waals surface area contributed by atoms with Gasteiger partial charge in [0, 0.05) is 10.9 Å². The second kappa shape index (κ2) is 6.44. The van der Waals surface area contributed by atoms with Crippen molar-refractivity contribution in [2.75, 3.05) is 7.11 Å². The number of carbonyl (C=O) groups excluding carboxylic acids is 1. The van der Waals surface area contributed by atoms with Crippen LogP contribution in [0.5, 0.6) is 5.75 Å². The van der Waals surface area contributed by atoms with Crippen LogP contribution in [-0.2, 0) is 6.54 Å². The number of benzene rings is 1. The summed E-state index contributed by atoms with van der Waals surface area (Å²) >= 11 is 1.51. The van der Waals surface area contributed by atoms with Gasteiger partial charge >= 0.3 is 0 Å². The fourth-order valence-electron chi connectivity index (χ4n) is 1.94. The van der Waals surface area contributed by atoms with E-state index < -0.39 is 0 Å². The van der Waals surface area contributed by atoms with Crippen molar-refractivity contribution in [1.29, 1.82) is 0 Å². The van der Waals surface area contributed by atoms with Gasteiger partial charge in [-0.05, 0) is 36.4 Å². The Bertz CT molecular complexity index is 748. The van der Waals surface area contributed by atoms with Crippen LogP contribution in [0.3, 0.4) is 0 Å². The number of hydrogen-bond acceptors (Lipinski definition) is 5. The van der Waals surface area contributed by atoms with E-state index in [1.165, 1.54) is 17.6 Å². The molecule has 1 aromatic carbocycles. The maximum Gasteiger partial charge on any atom is 0.287 e. The number of nitrogens with zero attached hydrogens (tertiary/aromatic N) is 1. The Labute approximate surface area is 131 Å². The molecule has 0 saturated heterocycles. The molecule has 0 spiro atoms. The summed E-state index contributed by atoms with van der Waals surface area (Å²) in [5.41, 5.74) is 1.90. The zero-order chi connectivity index (χ0) is 15.4. The predicted octanol–water partition coefficient (Wildman–Crippen LogP) is 3.34. The molecule has 0 aliphatic rings. The minimum atomic E-state index is -0.244. The first-order valence-corrected chi connectivity index (χ1v) is 7.55. The summed E-state index contributed by atoms with van der Waals surface area (Å²) < 4.78 is 10.2. The van der Waals surface area contributed by atoms with Crippen molar-refractivity contribution in [3.8, 4) is 17.0 Å². The molecule has 0 fully saturated rings. The molecule has 2 aromatic heterocycles. The van der Waals surface area contributed by atoms with Gasteiger partial charge in [0.15, 0.2) is 5.76 Å². The van der Waals surface area contributed by atoms with Gasteiger partial charge in [-0.1, -0.05) is 0 Å². The lowest BCUT2D eigenvalue weighted by molar-refractivity contribution is 0.0923. The first-order valence-electron chi connectivity index (χ1n) is 6.67. The Morgan fingerprint density at radius 1 is 1.32 bits per heavy atom. The molecule has 1 N–H and O–H groups in total. The predicted molar refractivity (Wildman–Crippen MR) is 84.0 cm³/mol. The zero-order valence-electron chi connectivity index (χ0n) is 11.9. The fourth-order valence-corrected chi connectivity index (χ4v) is 2.68. The number of thiazole rings is 1. The number of rotatable bonds is 5. The summed E-state index contributed by atoms with van der Waals surface area (Å²) in [5.74, 6) is 0.864. The van der Waals surface area contributed by atoms with Crippen LogP contribution >= 0.6 is 11.3 Å². The van der Waals surface area contributed by atoms with Crippen LogP contribution in [0.4, 0.5) is 0 Å². The van der Waals surface area contributed by atoms with Gasteiger partial charge in [-0.25, -0.2) is 4.98 Å². The first-order chi connectivity index (χ1) is 10.8. The number of aromatic nitrogens is 1. The molecule has 0 radical (unpaired) electrons. The maximum absolute atomic E-state index is 11.8. The molecule has 0 atom stereocenters. The quantitative estimate of drug-likeness (QED) is 0.784. The van der Waals surface area contributed by atoms with Crippen LogP contribution in [-0.4, -0.2) is 18.0 Å². The third-order valence-corrected chi connectivity index (χ3v) is 3.93. The van der Waals surface area contributed by atoms with Gasteiger partial charge in [-0.3, -0.25) is 4.79 Å². The van der Waals surface area contributed by atoms with Crippen molar-refractivity contribution in [3.63, 3.8) is 0 Å². The molecule has 3 aromatic rings. The monoisotopic (exact) mass is 314 g/mol. The van der Waals surface area contributed by atoms with Crippen LogP contribution in [0.25, 0.3) is 11.3 Å². The molecule has 22 heavy (non-hydrogen) atoms. The van der Waals surface area contributed by atoms with Crippen LogP contribution in [0, 0.1) is 0 Å². The average molecular weight is 314 g/mol. The maximum atomic E-state index is 11.8. The molecular weight excluding hydrogens is 300 g/mol. The minimum Gasteiger partial charge on any atom is -0.497 e. The van der Waals surface area contributed by atoms with Crippen LogP contribution in [0.2, 0.25) is 0 Å². The standard InChI is InChI=1S/C16H14N2O3S/c1-20-12-6-4-11(5-7-12)13-10-22-15(18-13)9-17-16(19)14-3-2-8-21-14/h2-8,10H,9H2,1H3,(H,17,19). The number of amides is 1. The summed E-state index contributed by atoms with van der Waals surface area (Å²) in [5, 5.41) is 5.59. The van der Waals surface area contributed by atoms with Crippen LogP contribution in [0.1, 0.15) is 15.6 Å². The third-order valence-electron chi connectivity index (χ3n) is 3.08. The lowest BCUT2D eigenvalue weighted by atomic mass is 10.2. The summed E-state index contributed by atoms with van der Waals surface area (Å²) in [4.78, 5) is 16.3. The highest BCUT2D eigenvalue weighted by Gasteiger charge is 2.10. The van der Waals surface area contributed by atoms with E-state index in [4.69, 9.17) is 9.15 Å². The molecule has 0 unspecified atom stereocenters. The second-order valence-electron chi connectivity index (χ2n) is 4.51. The largest absolute Gasteiger partial charge is 0.497 e. The Morgan fingerprint density at radius 2 is 2.14 bits per heavy atom. The molecule has 0 saturated carbocycles. The van der Waals surface area contributed by atoms with Crippen LogP contribution in [0.15, 0.2) is 52.5 Å². The van der Waals surface area contributed by atoms with Crippen molar-refractivity contribution in [3.05, 3.63) is 58.8 Å². The van der Waals surface area contributed by atoms with E-state index in [2.05, 4.69) is 10.3 Å². The second-order valence-corrected chi connectivity index (χ2v) is 5.46. The van der Waals surface area contributed by atoms with Gasteiger partial charge in [0.05, 0.1) is 25.6 Å². The van der Waals surface area contributed by atoms with Gasteiger partial charge in [0.25, 0.3) is 5.91 Å². The van der Waals surface area contributed by atoms with Crippen molar-refractivity contribution in [1.82, 2.24) is 10.3 Å². The number of nitrogens with one attached hydrogen (secondary N) is 1. The Kier molecular flexibility index (Phi) is 4.20. The van der Waals surface area contributed by atoms with E-state index in [0.717, 1.165) is 22.0 Å². The zero-order valence-corrected chi connectivity index (χ0v) is 12.7. The van der Waals surface area contributed by atoms with Gasteiger partial charge < -0.3 is 14.5 Å². The molecule has 3 rings (SSSR count). The average Bonchev–Trinajstić information content (AvgIpc) is 3.24. The first kappa shape index (κ1) is 14.3. The highest BCUT2D eigenvalue weighted by Crippen LogP contribution is 2.24. The molecule has 112 valence electrons. The number of carbonyl (C=O) groups is 1. The normalized spacial score (nSPS) is 10.4. The van der Waals surface area contributed by atoms with E-state index in [-0.39, 0.29) is 5.91 Å². The topological polar surface area (TPSA) is 64.4 Å². The molecule has 1 amide bonds. The Hall–Kier alpha value is -2.60. The van der Waals surface area contributed by atoms with E-state index in [1.807, 2.05) is 29.6 Å². The summed E-state index contributed by atoms with van der Waals surface area (Å²) in [6.07, 6.45) is 1.47.